The van der Waals surface area contributed by atoms with E-state index in [2.05, 4.69) is 23.9 Å². The number of ether oxygens (including phenoxy) is 2. The van der Waals surface area contributed by atoms with Crippen molar-refractivity contribution in [3.8, 4) is 11.5 Å². The molecule has 0 radical (unpaired) electrons. The molecule has 35 heavy (non-hydrogen) atoms. The average Bonchev–Trinajstić information content (AvgIpc) is 3.10. The number of hydrogen-bond acceptors (Lipinski definition) is 6. The predicted molar refractivity (Wildman–Crippen MR) is 138 cm³/mol. The molecule has 0 aromatic heterocycles. The van der Waals surface area contributed by atoms with Gasteiger partial charge in [-0.05, 0) is 55.6 Å². The SMILES string of the molecule is CCCC(C)C1CNCCCN1C(=O)c1cc(NS(=O)(=O)c2ccc(OC)c(OC)c2)ccc1Cl. The minimum Gasteiger partial charge on any atom is -0.493 e. The maximum Gasteiger partial charge on any atom is 0.262 e. The van der Waals surface area contributed by atoms with Crippen LogP contribution in [0.4, 0.5) is 5.69 Å². The Hall–Kier alpha value is -2.49. The molecular formula is C25H34ClN3O5S. The van der Waals surface area contributed by atoms with E-state index in [0.717, 1.165) is 32.4 Å². The molecule has 1 fully saturated rings. The Balaban J connectivity index is 1.89. The predicted octanol–water partition coefficient (Wildman–Crippen LogP) is 4.40. The number of methoxy groups -OCH3 is 2. The number of hydrogen-bond donors (Lipinski definition) is 2. The van der Waals surface area contributed by atoms with E-state index < -0.39 is 10.0 Å². The third kappa shape index (κ3) is 6.39. The Kier molecular flexibility index (Phi) is 9.27. The zero-order chi connectivity index (χ0) is 25.6. The van der Waals surface area contributed by atoms with Gasteiger partial charge in [-0.25, -0.2) is 8.42 Å². The minimum absolute atomic E-state index is 0.00465. The second kappa shape index (κ2) is 12.0. The summed E-state index contributed by atoms with van der Waals surface area (Å²) in [6.07, 6.45) is 2.88. The first-order valence-corrected chi connectivity index (χ1v) is 13.6. The molecule has 2 aromatic carbocycles. The lowest BCUT2D eigenvalue weighted by atomic mass is 9.94. The minimum atomic E-state index is -3.95. The molecular weight excluding hydrogens is 490 g/mol. The number of sulfonamides is 1. The lowest BCUT2D eigenvalue weighted by Crippen LogP contribution is -2.47. The van der Waals surface area contributed by atoms with Crippen LogP contribution in [0.15, 0.2) is 41.3 Å². The first-order chi connectivity index (χ1) is 16.7. The van der Waals surface area contributed by atoms with E-state index in [1.807, 2.05) is 4.90 Å². The summed E-state index contributed by atoms with van der Waals surface area (Å²) >= 11 is 6.43. The Bertz CT molecular complexity index is 1140. The van der Waals surface area contributed by atoms with Gasteiger partial charge in [0.25, 0.3) is 15.9 Å². The van der Waals surface area contributed by atoms with E-state index >= 15 is 0 Å². The van der Waals surface area contributed by atoms with Crippen molar-refractivity contribution in [1.29, 1.82) is 0 Å². The van der Waals surface area contributed by atoms with Crippen LogP contribution in [0, 0.1) is 5.92 Å². The molecule has 1 aliphatic heterocycles. The largest absolute Gasteiger partial charge is 0.493 e. The third-order valence-electron chi connectivity index (χ3n) is 6.28. The number of carbonyl (C=O) groups excluding carboxylic acids is 1. The summed E-state index contributed by atoms with van der Waals surface area (Å²) in [6, 6.07) is 8.95. The van der Waals surface area contributed by atoms with E-state index in [-0.39, 0.29) is 33.1 Å². The van der Waals surface area contributed by atoms with Crippen LogP contribution in [0.2, 0.25) is 5.02 Å². The maximum atomic E-state index is 13.6. The Labute approximate surface area is 213 Å². The van der Waals surface area contributed by atoms with Crippen molar-refractivity contribution in [1.82, 2.24) is 10.2 Å². The fourth-order valence-electron chi connectivity index (χ4n) is 4.41. The van der Waals surface area contributed by atoms with Crippen LogP contribution in [0.1, 0.15) is 43.5 Å². The first kappa shape index (κ1) is 27.1. The van der Waals surface area contributed by atoms with Crippen LogP contribution in [-0.2, 0) is 10.0 Å². The van der Waals surface area contributed by atoms with Gasteiger partial charge in [-0.3, -0.25) is 9.52 Å². The number of nitrogens with one attached hydrogen (secondary N) is 2. The highest BCUT2D eigenvalue weighted by Gasteiger charge is 2.31. The van der Waals surface area contributed by atoms with Crippen LogP contribution in [0.5, 0.6) is 11.5 Å². The second-order valence-electron chi connectivity index (χ2n) is 8.71. The smallest absolute Gasteiger partial charge is 0.262 e. The molecule has 3 rings (SSSR count). The zero-order valence-electron chi connectivity index (χ0n) is 20.6. The second-order valence-corrected chi connectivity index (χ2v) is 10.8. The number of amides is 1. The lowest BCUT2D eigenvalue weighted by Gasteiger charge is -2.34. The summed E-state index contributed by atoms with van der Waals surface area (Å²) in [5.74, 6) is 0.841. The Morgan fingerprint density at radius 2 is 1.94 bits per heavy atom. The molecule has 2 N–H and O–H groups in total. The van der Waals surface area contributed by atoms with Gasteiger partial charge < -0.3 is 19.7 Å². The molecule has 1 saturated heterocycles. The number of nitrogens with zero attached hydrogens (tertiary/aromatic N) is 1. The molecule has 10 heteroatoms. The van der Waals surface area contributed by atoms with Crippen LogP contribution >= 0.6 is 11.6 Å². The van der Waals surface area contributed by atoms with E-state index in [4.69, 9.17) is 21.1 Å². The van der Waals surface area contributed by atoms with Crippen molar-refractivity contribution >= 4 is 33.2 Å². The van der Waals surface area contributed by atoms with Crippen LogP contribution < -0.4 is 19.5 Å². The van der Waals surface area contributed by atoms with Crippen molar-refractivity contribution < 1.29 is 22.7 Å². The maximum absolute atomic E-state index is 13.6. The van der Waals surface area contributed by atoms with Gasteiger partial charge in [-0.1, -0.05) is 31.9 Å². The molecule has 0 aliphatic carbocycles. The molecule has 0 saturated carbocycles. The number of benzene rings is 2. The van der Waals surface area contributed by atoms with E-state index in [1.165, 1.54) is 38.5 Å². The summed E-state index contributed by atoms with van der Waals surface area (Å²) < 4.78 is 39.1. The monoisotopic (exact) mass is 523 g/mol. The fraction of sp³-hybridized carbons (Fsp3) is 0.480. The number of anilines is 1. The highest BCUT2D eigenvalue weighted by Crippen LogP contribution is 2.31. The summed E-state index contributed by atoms with van der Waals surface area (Å²) in [5.41, 5.74) is 0.522. The first-order valence-electron chi connectivity index (χ1n) is 11.8. The Morgan fingerprint density at radius 3 is 2.63 bits per heavy atom. The number of carbonyl (C=O) groups is 1. The van der Waals surface area contributed by atoms with Crippen molar-refractivity contribution in [2.75, 3.05) is 38.6 Å². The number of rotatable bonds is 9. The zero-order valence-corrected chi connectivity index (χ0v) is 22.2. The average molecular weight is 524 g/mol. The van der Waals surface area contributed by atoms with Gasteiger partial charge in [0.15, 0.2) is 11.5 Å². The summed E-state index contributed by atoms with van der Waals surface area (Å²) in [6.45, 7) is 6.48. The van der Waals surface area contributed by atoms with Gasteiger partial charge in [0.1, 0.15) is 0 Å². The van der Waals surface area contributed by atoms with Gasteiger partial charge in [0.05, 0.1) is 29.7 Å². The van der Waals surface area contributed by atoms with E-state index in [9.17, 15) is 13.2 Å². The van der Waals surface area contributed by atoms with E-state index in [0.29, 0.717) is 24.0 Å². The third-order valence-corrected chi connectivity index (χ3v) is 7.99. The molecule has 2 unspecified atom stereocenters. The molecule has 1 amide bonds. The highest BCUT2D eigenvalue weighted by molar-refractivity contribution is 7.92. The molecule has 192 valence electrons. The summed E-state index contributed by atoms with van der Waals surface area (Å²) in [4.78, 5) is 15.5. The molecule has 1 heterocycles. The Morgan fingerprint density at radius 1 is 1.20 bits per heavy atom. The van der Waals surface area contributed by atoms with Crippen molar-refractivity contribution in [2.24, 2.45) is 5.92 Å². The molecule has 2 aromatic rings. The quantitative estimate of drug-likeness (QED) is 0.505. The topological polar surface area (TPSA) is 97.0 Å². The van der Waals surface area contributed by atoms with Crippen molar-refractivity contribution in [3.63, 3.8) is 0 Å². The van der Waals surface area contributed by atoms with Crippen LogP contribution in [-0.4, -0.2) is 59.1 Å². The summed E-state index contributed by atoms with van der Waals surface area (Å²) in [7, 11) is -1.04. The number of halogens is 1. The van der Waals surface area contributed by atoms with E-state index in [1.54, 1.807) is 12.1 Å². The molecule has 0 bridgehead atoms. The molecule has 1 aliphatic rings. The van der Waals surface area contributed by atoms with Crippen molar-refractivity contribution in [3.05, 3.63) is 47.0 Å². The highest BCUT2D eigenvalue weighted by atomic mass is 35.5. The van der Waals surface area contributed by atoms with Gasteiger partial charge in [0, 0.05) is 30.9 Å². The fourth-order valence-corrected chi connectivity index (χ4v) is 5.68. The molecule has 2 atom stereocenters. The standard InChI is InChI=1S/C25H34ClN3O5S/c1-5-7-17(2)22-16-27-12-6-13-29(22)25(30)20-14-18(8-10-21(20)26)28-35(31,32)19-9-11-23(33-3)24(15-19)34-4/h8-11,14-15,17,22,27-28H,5-7,12-13,16H2,1-4H3. The van der Waals surface area contributed by atoms with Crippen LogP contribution in [0.3, 0.4) is 0 Å². The summed E-state index contributed by atoms with van der Waals surface area (Å²) in [5, 5.41) is 3.71. The van der Waals surface area contributed by atoms with Crippen molar-refractivity contribution in [2.45, 2.75) is 44.0 Å². The molecule has 8 nitrogen and oxygen atoms in total. The van der Waals surface area contributed by atoms with Gasteiger partial charge in [0.2, 0.25) is 0 Å². The lowest BCUT2D eigenvalue weighted by molar-refractivity contribution is 0.0631. The molecule has 0 spiro atoms. The van der Waals surface area contributed by atoms with Crippen LogP contribution in [0.25, 0.3) is 0 Å². The normalized spacial score (nSPS) is 17.4. The van der Waals surface area contributed by atoms with Gasteiger partial charge in [-0.2, -0.15) is 0 Å². The van der Waals surface area contributed by atoms with Gasteiger partial charge >= 0.3 is 0 Å². The van der Waals surface area contributed by atoms with Gasteiger partial charge in [-0.15, -0.1) is 0 Å².